The third-order valence-corrected chi connectivity index (χ3v) is 4.14. The van der Waals surface area contributed by atoms with Gasteiger partial charge in [0.05, 0.1) is 25.7 Å². The minimum atomic E-state index is -0.900. The quantitative estimate of drug-likeness (QED) is 0.780. The van der Waals surface area contributed by atoms with Gasteiger partial charge < -0.3 is 19.9 Å². The van der Waals surface area contributed by atoms with E-state index in [0.29, 0.717) is 41.2 Å². The molecule has 1 heterocycles. The lowest BCUT2D eigenvalue weighted by Crippen LogP contribution is -2.27. The van der Waals surface area contributed by atoms with Gasteiger partial charge in [0.15, 0.2) is 5.17 Å². The van der Waals surface area contributed by atoms with E-state index in [-0.39, 0.29) is 18.4 Å². The Bertz CT molecular complexity index is 623. The number of rotatable bonds is 7. The summed E-state index contributed by atoms with van der Waals surface area (Å²) in [7, 11) is 0. The van der Waals surface area contributed by atoms with Gasteiger partial charge in [-0.15, -0.1) is 0 Å². The summed E-state index contributed by atoms with van der Waals surface area (Å²) in [5.41, 5.74) is 0.398. The lowest BCUT2D eigenvalue weighted by molar-refractivity contribution is -0.137. The summed E-state index contributed by atoms with van der Waals surface area (Å²) in [6.45, 7) is 4.69. The zero-order valence-corrected chi connectivity index (χ0v) is 14.4. The summed E-state index contributed by atoms with van der Waals surface area (Å²) in [6, 6.07) is 4.69. The van der Waals surface area contributed by atoms with Crippen LogP contribution in [0.5, 0.6) is 11.5 Å². The SMILES string of the molecule is CCOc1cc(OCC)cc(C(=O)NC2=NC(CC(=O)O)CS2)c1. The number of carboxylic acid groups (broad SMARTS) is 1. The molecule has 1 aliphatic heterocycles. The van der Waals surface area contributed by atoms with Gasteiger partial charge in [0.1, 0.15) is 11.5 Å². The molecule has 1 amide bonds. The number of carbonyl (C=O) groups is 2. The summed E-state index contributed by atoms with van der Waals surface area (Å²) in [5, 5.41) is 11.9. The van der Waals surface area contributed by atoms with Crippen LogP contribution in [0.1, 0.15) is 30.6 Å². The molecule has 1 unspecified atom stereocenters. The third kappa shape index (κ3) is 5.16. The van der Waals surface area contributed by atoms with Gasteiger partial charge in [0.25, 0.3) is 5.91 Å². The van der Waals surface area contributed by atoms with Gasteiger partial charge in [0, 0.05) is 17.4 Å². The Kier molecular flexibility index (Phi) is 6.48. The number of hydrogen-bond acceptors (Lipinski definition) is 6. The number of hydrogen-bond donors (Lipinski definition) is 2. The van der Waals surface area contributed by atoms with Crippen LogP contribution < -0.4 is 14.8 Å². The summed E-state index contributed by atoms with van der Waals surface area (Å²) in [5.74, 6) is 0.421. The molecule has 1 aromatic rings. The molecule has 0 saturated carbocycles. The van der Waals surface area contributed by atoms with E-state index in [1.165, 1.54) is 11.8 Å². The third-order valence-electron chi connectivity index (χ3n) is 3.11. The minimum absolute atomic E-state index is 0.0410. The van der Waals surface area contributed by atoms with Crippen LogP contribution in [0.3, 0.4) is 0 Å². The maximum atomic E-state index is 12.4. The first kappa shape index (κ1) is 18.1. The second-order valence-corrected chi connectivity index (χ2v) is 6.02. The highest BCUT2D eigenvalue weighted by atomic mass is 32.2. The van der Waals surface area contributed by atoms with Crippen LogP contribution >= 0.6 is 11.8 Å². The summed E-state index contributed by atoms with van der Waals surface area (Å²) in [6.07, 6.45) is -0.0410. The number of amides is 1. The summed E-state index contributed by atoms with van der Waals surface area (Å²) >= 11 is 1.34. The Morgan fingerprint density at radius 1 is 1.25 bits per heavy atom. The van der Waals surface area contributed by atoms with E-state index in [0.717, 1.165) is 0 Å². The lowest BCUT2D eigenvalue weighted by atomic mass is 10.2. The molecule has 0 bridgehead atoms. The molecule has 1 atom stereocenters. The number of ether oxygens (including phenoxy) is 2. The van der Waals surface area contributed by atoms with Crippen molar-refractivity contribution in [3.63, 3.8) is 0 Å². The smallest absolute Gasteiger partial charge is 0.305 e. The number of thioether (sulfide) groups is 1. The number of carbonyl (C=O) groups excluding carboxylic acids is 1. The molecule has 130 valence electrons. The fraction of sp³-hybridized carbons (Fsp3) is 0.438. The summed E-state index contributed by atoms with van der Waals surface area (Å²) < 4.78 is 10.9. The molecule has 2 rings (SSSR count). The Labute approximate surface area is 144 Å². The van der Waals surface area contributed by atoms with Crippen LogP contribution in [0.4, 0.5) is 0 Å². The molecule has 24 heavy (non-hydrogen) atoms. The highest BCUT2D eigenvalue weighted by Crippen LogP contribution is 2.24. The van der Waals surface area contributed by atoms with Crippen molar-refractivity contribution in [3.8, 4) is 11.5 Å². The number of aliphatic carboxylic acids is 1. The number of benzene rings is 1. The van der Waals surface area contributed by atoms with Crippen LogP contribution in [0, 0.1) is 0 Å². The number of aliphatic imine (C=N–C) groups is 1. The first-order valence-electron chi connectivity index (χ1n) is 7.66. The van der Waals surface area contributed by atoms with Gasteiger partial charge in [-0.05, 0) is 26.0 Å². The Balaban J connectivity index is 2.10. The van der Waals surface area contributed by atoms with Crippen molar-refractivity contribution in [2.45, 2.75) is 26.3 Å². The van der Waals surface area contributed by atoms with Crippen LogP contribution in [0.2, 0.25) is 0 Å². The van der Waals surface area contributed by atoms with E-state index in [9.17, 15) is 9.59 Å². The molecule has 0 spiro atoms. The van der Waals surface area contributed by atoms with Crippen molar-refractivity contribution in [1.82, 2.24) is 5.32 Å². The Morgan fingerprint density at radius 3 is 2.42 bits per heavy atom. The lowest BCUT2D eigenvalue weighted by Gasteiger charge is -2.11. The van der Waals surface area contributed by atoms with Gasteiger partial charge in [-0.2, -0.15) is 0 Å². The maximum absolute atomic E-state index is 12.4. The normalized spacial score (nSPS) is 16.4. The number of carboxylic acids is 1. The molecule has 1 aromatic carbocycles. The van der Waals surface area contributed by atoms with Crippen LogP contribution in [-0.2, 0) is 4.79 Å². The predicted octanol–water partition coefficient (Wildman–Crippen LogP) is 2.16. The van der Waals surface area contributed by atoms with E-state index < -0.39 is 5.97 Å². The van der Waals surface area contributed by atoms with E-state index in [2.05, 4.69) is 10.3 Å². The zero-order valence-electron chi connectivity index (χ0n) is 13.6. The van der Waals surface area contributed by atoms with Crippen LogP contribution in [0.25, 0.3) is 0 Å². The summed E-state index contributed by atoms with van der Waals surface area (Å²) in [4.78, 5) is 27.3. The highest BCUT2D eigenvalue weighted by molar-refractivity contribution is 8.14. The van der Waals surface area contributed by atoms with Crippen molar-refractivity contribution in [3.05, 3.63) is 23.8 Å². The van der Waals surface area contributed by atoms with E-state index >= 15 is 0 Å². The molecule has 0 fully saturated rings. The van der Waals surface area contributed by atoms with Crippen molar-refractivity contribution < 1.29 is 24.2 Å². The number of amidine groups is 1. The van der Waals surface area contributed by atoms with E-state index in [1.54, 1.807) is 18.2 Å². The maximum Gasteiger partial charge on any atom is 0.305 e. The Hall–Kier alpha value is -2.22. The average molecular weight is 352 g/mol. The monoisotopic (exact) mass is 352 g/mol. The van der Waals surface area contributed by atoms with Gasteiger partial charge in [-0.3, -0.25) is 14.6 Å². The second kappa shape index (κ2) is 8.58. The minimum Gasteiger partial charge on any atom is -0.494 e. The van der Waals surface area contributed by atoms with Gasteiger partial charge in [-0.1, -0.05) is 11.8 Å². The molecule has 2 N–H and O–H groups in total. The second-order valence-electron chi connectivity index (χ2n) is 5.01. The molecular formula is C16H20N2O5S. The zero-order chi connectivity index (χ0) is 17.5. The molecule has 8 heteroatoms. The largest absolute Gasteiger partial charge is 0.494 e. The van der Waals surface area contributed by atoms with E-state index in [1.807, 2.05) is 13.8 Å². The molecular weight excluding hydrogens is 332 g/mol. The van der Waals surface area contributed by atoms with Gasteiger partial charge in [-0.25, -0.2) is 0 Å². The molecule has 0 saturated heterocycles. The van der Waals surface area contributed by atoms with Crippen LogP contribution in [-0.4, -0.2) is 47.2 Å². The van der Waals surface area contributed by atoms with E-state index in [4.69, 9.17) is 14.6 Å². The fourth-order valence-electron chi connectivity index (χ4n) is 2.16. The average Bonchev–Trinajstić information content (AvgIpc) is 2.94. The highest BCUT2D eigenvalue weighted by Gasteiger charge is 2.22. The van der Waals surface area contributed by atoms with Crippen LogP contribution in [0.15, 0.2) is 23.2 Å². The molecule has 1 aliphatic rings. The molecule has 0 aliphatic carbocycles. The first-order chi connectivity index (χ1) is 11.5. The number of nitrogens with zero attached hydrogens (tertiary/aromatic N) is 1. The van der Waals surface area contributed by atoms with Crippen molar-refractivity contribution >= 4 is 28.8 Å². The predicted molar refractivity (Wildman–Crippen MR) is 92.2 cm³/mol. The topological polar surface area (TPSA) is 97.2 Å². The fourth-order valence-corrected chi connectivity index (χ4v) is 3.09. The molecule has 0 aromatic heterocycles. The first-order valence-corrected chi connectivity index (χ1v) is 8.64. The molecule has 0 radical (unpaired) electrons. The standard InChI is InChI=1S/C16H20N2O5S/c1-3-22-12-5-10(6-13(8-12)23-4-2)15(21)18-16-17-11(9-24-16)7-14(19)20/h5-6,8,11H,3-4,7,9H2,1-2H3,(H,19,20)(H,17,18,21). The van der Waals surface area contributed by atoms with Gasteiger partial charge in [0.2, 0.25) is 0 Å². The van der Waals surface area contributed by atoms with Crippen molar-refractivity contribution in [1.29, 1.82) is 0 Å². The van der Waals surface area contributed by atoms with Crippen molar-refractivity contribution in [2.75, 3.05) is 19.0 Å². The Morgan fingerprint density at radius 2 is 1.88 bits per heavy atom. The van der Waals surface area contributed by atoms with Gasteiger partial charge >= 0.3 is 5.97 Å². The molecule has 7 nitrogen and oxygen atoms in total. The number of nitrogens with one attached hydrogen (secondary N) is 1. The van der Waals surface area contributed by atoms with Crippen molar-refractivity contribution in [2.24, 2.45) is 4.99 Å².